The third-order valence-corrected chi connectivity index (χ3v) is 7.13. The Morgan fingerprint density at radius 1 is 0.811 bits per heavy atom. The van der Waals surface area contributed by atoms with Gasteiger partial charge in [0.05, 0.1) is 0 Å². The van der Waals surface area contributed by atoms with E-state index in [2.05, 4.69) is 67.5 Å². The minimum Gasteiger partial charge on any atom is -0.490 e. The molecule has 0 atom stereocenters. The summed E-state index contributed by atoms with van der Waals surface area (Å²) in [4.78, 5) is 15.4. The van der Waals surface area contributed by atoms with Crippen LogP contribution in [-0.2, 0) is 0 Å². The maximum Gasteiger partial charge on any atom is 0.255 e. The Bertz CT molecular complexity index is 1370. The molecule has 4 nitrogen and oxygen atoms in total. The van der Waals surface area contributed by atoms with Crippen LogP contribution < -0.4 is 10.1 Å². The number of benzene rings is 4. The fourth-order valence-corrected chi connectivity index (χ4v) is 4.86. The van der Waals surface area contributed by atoms with Gasteiger partial charge in [0.15, 0.2) is 0 Å². The van der Waals surface area contributed by atoms with Crippen molar-refractivity contribution >= 4 is 11.6 Å². The first kappa shape index (κ1) is 24.8. The summed E-state index contributed by atoms with van der Waals surface area (Å²) in [6.45, 7) is 6.33. The molecule has 0 unspecified atom stereocenters. The highest BCUT2D eigenvalue weighted by atomic mass is 16.5. The highest BCUT2D eigenvalue weighted by molar-refractivity contribution is 6.05. The number of ether oxygens (including phenoxy) is 1. The van der Waals surface area contributed by atoms with Crippen LogP contribution in [0.5, 0.6) is 5.75 Å². The molecule has 1 N–H and O–H groups in total. The van der Waals surface area contributed by atoms with E-state index in [-0.39, 0.29) is 5.91 Å². The molecule has 1 saturated heterocycles. The van der Waals surface area contributed by atoms with E-state index < -0.39 is 0 Å². The van der Waals surface area contributed by atoms with E-state index in [0.29, 0.717) is 11.7 Å². The molecule has 5 rings (SSSR count). The number of amides is 1. The number of carbonyl (C=O) groups is 1. The van der Waals surface area contributed by atoms with E-state index in [0.717, 1.165) is 65.2 Å². The van der Waals surface area contributed by atoms with E-state index in [1.807, 2.05) is 54.6 Å². The molecule has 4 heteroatoms. The number of rotatable bonds is 6. The fourth-order valence-electron chi connectivity index (χ4n) is 4.86. The van der Waals surface area contributed by atoms with Crippen LogP contribution in [0.1, 0.15) is 34.3 Å². The van der Waals surface area contributed by atoms with Gasteiger partial charge in [-0.1, -0.05) is 60.2 Å². The highest BCUT2D eigenvalue weighted by Gasteiger charge is 2.18. The van der Waals surface area contributed by atoms with Crippen molar-refractivity contribution in [1.82, 2.24) is 4.90 Å². The molecule has 1 amide bonds. The van der Waals surface area contributed by atoms with E-state index in [4.69, 9.17) is 4.74 Å². The maximum absolute atomic E-state index is 13.0. The van der Waals surface area contributed by atoms with Gasteiger partial charge in [0, 0.05) is 24.3 Å². The molecule has 1 heterocycles. The van der Waals surface area contributed by atoms with Gasteiger partial charge in [0.25, 0.3) is 5.91 Å². The van der Waals surface area contributed by atoms with Gasteiger partial charge >= 0.3 is 0 Å². The molecular weight excluding hydrogens is 456 g/mol. The van der Waals surface area contributed by atoms with Crippen molar-refractivity contribution in [2.75, 3.05) is 25.5 Å². The summed E-state index contributed by atoms with van der Waals surface area (Å²) in [5.41, 5.74) is 8.19. The zero-order valence-electron chi connectivity index (χ0n) is 21.8. The number of hydrogen-bond donors (Lipinski definition) is 1. The maximum atomic E-state index is 13.0. The first-order valence-electron chi connectivity index (χ1n) is 13.0. The Hall–Kier alpha value is -3.89. The van der Waals surface area contributed by atoms with Crippen molar-refractivity contribution < 1.29 is 9.53 Å². The minimum atomic E-state index is -0.114. The Labute approximate surface area is 219 Å². The molecule has 1 aliphatic rings. The van der Waals surface area contributed by atoms with Crippen LogP contribution in [0.25, 0.3) is 22.3 Å². The van der Waals surface area contributed by atoms with Crippen LogP contribution in [0.4, 0.5) is 5.69 Å². The van der Waals surface area contributed by atoms with Crippen LogP contribution in [0.2, 0.25) is 0 Å². The number of piperidine rings is 1. The molecule has 0 aliphatic carbocycles. The Morgan fingerprint density at radius 3 is 2.16 bits per heavy atom. The predicted molar refractivity (Wildman–Crippen MR) is 152 cm³/mol. The van der Waals surface area contributed by atoms with E-state index in [1.165, 1.54) is 5.56 Å². The molecular formula is C33H34N2O2. The molecule has 0 aromatic heterocycles. The lowest BCUT2D eigenvalue weighted by atomic mass is 9.96. The van der Waals surface area contributed by atoms with Crippen molar-refractivity contribution in [3.63, 3.8) is 0 Å². The molecule has 37 heavy (non-hydrogen) atoms. The summed E-state index contributed by atoms with van der Waals surface area (Å²) in [6, 6.07) is 30.5. The Balaban J connectivity index is 1.23. The summed E-state index contributed by atoms with van der Waals surface area (Å²) in [6.07, 6.45) is 2.44. The molecule has 188 valence electrons. The van der Waals surface area contributed by atoms with Gasteiger partial charge in [-0.25, -0.2) is 0 Å². The monoisotopic (exact) mass is 490 g/mol. The van der Waals surface area contributed by atoms with Crippen molar-refractivity contribution in [3.05, 3.63) is 108 Å². The number of carbonyl (C=O) groups excluding carboxylic acids is 1. The van der Waals surface area contributed by atoms with Gasteiger partial charge in [-0.2, -0.15) is 0 Å². The van der Waals surface area contributed by atoms with E-state index >= 15 is 0 Å². The molecule has 0 spiro atoms. The number of anilines is 1. The quantitative estimate of drug-likeness (QED) is 0.307. The van der Waals surface area contributed by atoms with Gasteiger partial charge in [-0.15, -0.1) is 0 Å². The van der Waals surface area contributed by atoms with Crippen LogP contribution in [-0.4, -0.2) is 37.0 Å². The van der Waals surface area contributed by atoms with Crippen LogP contribution in [0, 0.1) is 13.8 Å². The number of aryl methyl sites for hydroxylation is 2. The van der Waals surface area contributed by atoms with Crippen LogP contribution >= 0.6 is 0 Å². The zero-order valence-corrected chi connectivity index (χ0v) is 21.8. The number of nitrogens with one attached hydrogen (secondary N) is 1. The first-order valence-corrected chi connectivity index (χ1v) is 13.0. The molecule has 0 saturated carbocycles. The van der Waals surface area contributed by atoms with Gasteiger partial charge in [0.2, 0.25) is 0 Å². The smallest absolute Gasteiger partial charge is 0.255 e. The summed E-state index contributed by atoms with van der Waals surface area (Å²) < 4.78 is 6.17. The third-order valence-electron chi connectivity index (χ3n) is 7.13. The molecule has 1 aliphatic heterocycles. The van der Waals surface area contributed by atoms with Crippen molar-refractivity contribution in [2.24, 2.45) is 0 Å². The van der Waals surface area contributed by atoms with Gasteiger partial charge < -0.3 is 15.0 Å². The standard InChI is InChI=1S/C33H34N2O2/c1-23-5-4-6-27(21-23)32-22-28(8-7-24(32)2)33(36)34-29-13-9-25(10-14-29)26-11-15-30(16-12-26)37-31-17-19-35(3)20-18-31/h4-16,21-22,31H,17-20H2,1-3H3,(H,34,36). The topological polar surface area (TPSA) is 41.6 Å². The van der Waals surface area contributed by atoms with Crippen LogP contribution in [0.3, 0.4) is 0 Å². The predicted octanol–water partition coefficient (Wildman–Crippen LogP) is 7.36. The number of likely N-dealkylation sites (tertiary alicyclic amines) is 1. The highest BCUT2D eigenvalue weighted by Crippen LogP contribution is 2.28. The lowest BCUT2D eigenvalue weighted by Gasteiger charge is -2.29. The van der Waals surface area contributed by atoms with Crippen molar-refractivity contribution in [1.29, 1.82) is 0 Å². The molecule has 4 aromatic carbocycles. The summed E-state index contributed by atoms with van der Waals surface area (Å²) in [5.74, 6) is 0.808. The average Bonchev–Trinajstić information content (AvgIpc) is 2.91. The van der Waals surface area contributed by atoms with E-state index in [9.17, 15) is 4.79 Å². The second kappa shape index (κ2) is 11.0. The first-order chi connectivity index (χ1) is 17.9. The number of hydrogen-bond acceptors (Lipinski definition) is 3. The van der Waals surface area contributed by atoms with Crippen LogP contribution in [0.15, 0.2) is 91.0 Å². The summed E-state index contributed by atoms with van der Waals surface area (Å²) >= 11 is 0. The summed E-state index contributed by atoms with van der Waals surface area (Å²) in [5, 5.41) is 3.04. The van der Waals surface area contributed by atoms with Crippen molar-refractivity contribution in [3.8, 4) is 28.0 Å². The normalized spacial score (nSPS) is 14.4. The van der Waals surface area contributed by atoms with Gasteiger partial charge in [-0.05, 0) is 98.0 Å². The minimum absolute atomic E-state index is 0.114. The van der Waals surface area contributed by atoms with Gasteiger partial charge in [-0.3, -0.25) is 4.79 Å². The fraction of sp³-hybridized carbons (Fsp3) is 0.242. The average molecular weight is 491 g/mol. The second-order valence-corrected chi connectivity index (χ2v) is 10.1. The lowest BCUT2D eigenvalue weighted by Crippen LogP contribution is -2.35. The number of nitrogens with zero attached hydrogens (tertiary/aromatic N) is 1. The lowest BCUT2D eigenvalue weighted by molar-refractivity contribution is 0.102. The van der Waals surface area contributed by atoms with Gasteiger partial charge in [0.1, 0.15) is 11.9 Å². The van der Waals surface area contributed by atoms with E-state index in [1.54, 1.807) is 0 Å². The SMILES string of the molecule is Cc1cccc(-c2cc(C(=O)Nc3ccc(-c4ccc(OC5CCN(C)CC5)cc4)cc3)ccc2C)c1. The molecule has 0 radical (unpaired) electrons. The summed E-state index contributed by atoms with van der Waals surface area (Å²) in [7, 11) is 2.16. The Kier molecular flexibility index (Phi) is 7.38. The Morgan fingerprint density at radius 2 is 1.49 bits per heavy atom. The third kappa shape index (κ3) is 6.10. The zero-order chi connectivity index (χ0) is 25.8. The largest absolute Gasteiger partial charge is 0.490 e. The second-order valence-electron chi connectivity index (χ2n) is 10.1. The molecule has 0 bridgehead atoms. The molecule has 4 aromatic rings. The van der Waals surface area contributed by atoms with Crippen molar-refractivity contribution in [2.45, 2.75) is 32.8 Å². The molecule has 1 fully saturated rings.